The summed E-state index contributed by atoms with van der Waals surface area (Å²) in [5, 5.41) is 12.7. The van der Waals surface area contributed by atoms with Gasteiger partial charge in [0.05, 0.1) is 30.0 Å². The molecule has 1 rings (SSSR count). The molecule has 6 heteroatoms. The number of likely N-dealkylation sites (N-methyl/N-ethyl adjacent to an activating group) is 1. The van der Waals surface area contributed by atoms with Crippen molar-refractivity contribution in [1.82, 2.24) is 4.90 Å². The number of anilines is 1. The van der Waals surface area contributed by atoms with Crippen LogP contribution in [0.3, 0.4) is 0 Å². The highest BCUT2D eigenvalue weighted by molar-refractivity contribution is 6.33. The van der Waals surface area contributed by atoms with E-state index in [0.29, 0.717) is 16.5 Å². The zero-order chi connectivity index (χ0) is 14.6. The average molecular weight is 287 g/mol. The van der Waals surface area contributed by atoms with Crippen LogP contribution >= 0.6 is 11.6 Å². The summed E-state index contributed by atoms with van der Waals surface area (Å²) in [6.45, 7) is 3.49. The molecule has 0 heterocycles. The first-order valence-electron chi connectivity index (χ1n) is 5.81. The Labute approximate surface area is 118 Å². The van der Waals surface area contributed by atoms with Gasteiger partial charge >= 0.3 is 6.03 Å². The molecule has 0 aliphatic rings. The molecule has 0 unspecified atom stereocenters. The molecule has 19 heavy (non-hydrogen) atoms. The molecule has 0 bridgehead atoms. The number of nitrogens with zero attached hydrogens (tertiary/aromatic N) is 1. The van der Waals surface area contributed by atoms with Crippen molar-refractivity contribution in [2.45, 2.75) is 19.4 Å². The van der Waals surface area contributed by atoms with Crippen LogP contribution in [-0.2, 0) is 0 Å². The summed E-state index contributed by atoms with van der Waals surface area (Å²) in [4.78, 5) is 13.3. The van der Waals surface area contributed by atoms with Gasteiger partial charge in [-0.05, 0) is 26.0 Å². The Morgan fingerprint density at radius 3 is 2.63 bits per heavy atom. The van der Waals surface area contributed by atoms with Gasteiger partial charge < -0.3 is 20.1 Å². The number of carbonyl (C=O) groups is 1. The molecular weight excluding hydrogens is 268 g/mol. The average Bonchev–Trinajstić information content (AvgIpc) is 2.29. The summed E-state index contributed by atoms with van der Waals surface area (Å²) in [5.41, 5.74) is -0.453. The third kappa shape index (κ3) is 4.96. The van der Waals surface area contributed by atoms with E-state index in [1.54, 1.807) is 46.2 Å². The minimum Gasteiger partial charge on any atom is -0.497 e. The van der Waals surface area contributed by atoms with Gasteiger partial charge in [0.15, 0.2) is 0 Å². The van der Waals surface area contributed by atoms with Gasteiger partial charge in [0, 0.05) is 13.1 Å². The van der Waals surface area contributed by atoms with E-state index in [2.05, 4.69) is 5.32 Å². The monoisotopic (exact) mass is 286 g/mol. The molecule has 2 amide bonds. The van der Waals surface area contributed by atoms with E-state index in [1.165, 1.54) is 4.90 Å². The Hall–Kier alpha value is -1.46. The fourth-order valence-electron chi connectivity index (χ4n) is 1.59. The molecule has 1 aromatic rings. The van der Waals surface area contributed by atoms with Crippen molar-refractivity contribution in [2.75, 3.05) is 26.0 Å². The second-order valence-electron chi connectivity index (χ2n) is 4.94. The Morgan fingerprint density at radius 1 is 1.53 bits per heavy atom. The number of urea groups is 1. The van der Waals surface area contributed by atoms with E-state index in [0.717, 1.165) is 0 Å². The number of aliphatic hydroxyl groups is 1. The summed E-state index contributed by atoms with van der Waals surface area (Å²) < 4.78 is 5.03. The molecule has 0 aliphatic heterocycles. The van der Waals surface area contributed by atoms with Gasteiger partial charge in [0.2, 0.25) is 0 Å². The van der Waals surface area contributed by atoms with Crippen molar-refractivity contribution >= 4 is 23.3 Å². The fraction of sp³-hybridized carbons (Fsp3) is 0.462. The first kappa shape index (κ1) is 15.6. The van der Waals surface area contributed by atoms with E-state index in [4.69, 9.17) is 16.3 Å². The van der Waals surface area contributed by atoms with Gasteiger partial charge in [0.25, 0.3) is 0 Å². The molecule has 0 radical (unpaired) electrons. The lowest BCUT2D eigenvalue weighted by atomic mass is 10.1. The van der Waals surface area contributed by atoms with Crippen molar-refractivity contribution in [3.05, 3.63) is 23.2 Å². The van der Waals surface area contributed by atoms with Crippen LogP contribution in [0.2, 0.25) is 5.02 Å². The number of hydrogen-bond donors (Lipinski definition) is 2. The Morgan fingerprint density at radius 2 is 2.16 bits per heavy atom. The number of benzene rings is 1. The van der Waals surface area contributed by atoms with Crippen molar-refractivity contribution < 1.29 is 14.6 Å². The second-order valence-corrected chi connectivity index (χ2v) is 5.35. The highest BCUT2D eigenvalue weighted by Gasteiger charge is 2.19. The predicted molar refractivity (Wildman–Crippen MR) is 76.0 cm³/mol. The summed E-state index contributed by atoms with van der Waals surface area (Å²) in [5.74, 6) is 0.618. The van der Waals surface area contributed by atoms with E-state index >= 15 is 0 Å². The topological polar surface area (TPSA) is 61.8 Å². The maximum Gasteiger partial charge on any atom is 0.321 e. The van der Waals surface area contributed by atoms with Crippen LogP contribution in [0.1, 0.15) is 13.8 Å². The van der Waals surface area contributed by atoms with E-state index in [-0.39, 0.29) is 12.6 Å². The van der Waals surface area contributed by atoms with Crippen molar-refractivity contribution in [3.63, 3.8) is 0 Å². The molecule has 0 fully saturated rings. The van der Waals surface area contributed by atoms with Crippen LogP contribution in [0, 0.1) is 0 Å². The van der Waals surface area contributed by atoms with Crippen molar-refractivity contribution in [2.24, 2.45) is 0 Å². The first-order valence-corrected chi connectivity index (χ1v) is 6.19. The van der Waals surface area contributed by atoms with Crippen molar-refractivity contribution in [1.29, 1.82) is 0 Å². The number of ether oxygens (including phenoxy) is 1. The number of hydrogen-bond acceptors (Lipinski definition) is 3. The number of nitrogens with one attached hydrogen (secondary N) is 1. The number of halogens is 1. The van der Waals surface area contributed by atoms with Crippen LogP contribution in [0.25, 0.3) is 0 Å². The van der Waals surface area contributed by atoms with Crippen LogP contribution < -0.4 is 10.1 Å². The highest BCUT2D eigenvalue weighted by Crippen LogP contribution is 2.26. The van der Waals surface area contributed by atoms with E-state index < -0.39 is 5.60 Å². The summed E-state index contributed by atoms with van der Waals surface area (Å²) in [7, 11) is 3.14. The van der Waals surface area contributed by atoms with Gasteiger partial charge in [-0.3, -0.25) is 0 Å². The maximum atomic E-state index is 11.9. The SMILES string of the molecule is COc1ccc(NC(=O)N(C)CC(C)(C)O)c(Cl)c1. The minimum atomic E-state index is -0.949. The van der Waals surface area contributed by atoms with Gasteiger partial charge in [-0.1, -0.05) is 11.6 Å². The molecule has 5 nitrogen and oxygen atoms in total. The van der Waals surface area contributed by atoms with Crippen LogP contribution in [-0.4, -0.2) is 42.3 Å². The predicted octanol–water partition coefficient (Wildman–Crippen LogP) is 2.58. The number of rotatable bonds is 4. The molecule has 0 atom stereocenters. The Kier molecular flexibility index (Phi) is 5.03. The van der Waals surface area contributed by atoms with Crippen LogP contribution in [0.15, 0.2) is 18.2 Å². The van der Waals surface area contributed by atoms with Crippen LogP contribution in [0.5, 0.6) is 5.75 Å². The smallest absolute Gasteiger partial charge is 0.321 e. The molecule has 106 valence electrons. The highest BCUT2D eigenvalue weighted by atomic mass is 35.5. The van der Waals surface area contributed by atoms with Gasteiger partial charge in [-0.2, -0.15) is 0 Å². The molecule has 0 saturated heterocycles. The number of carbonyl (C=O) groups excluding carboxylic acids is 1. The summed E-state index contributed by atoms with van der Waals surface area (Å²) in [6, 6.07) is 4.65. The van der Waals surface area contributed by atoms with Gasteiger partial charge in [0.1, 0.15) is 5.75 Å². The third-order valence-electron chi connectivity index (χ3n) is 2.39. The summed E-state index contributed by atoms with van der Waals surface area (Å²) >= 11 is 6.03. The van der Waals surface area contributed by atoms with Crippen molar-refractivity contribution in [3.8, 4) is 5.75 Å². The molecule has 0 aromatic heterocycles. The number of methoxy groups -OCH3 is 1. The quantitative estimate of drug-likeness (QED) is 0.894. The standard InChI is InChI=1S/C13H19ClN2O3/c1-13(2,18)8-16(3)12(17)15-11-6-5-9(19-4)7-10(11)14/h5-7,18H,8H2,1-4H3,(H,15,17). The minimum absolute atomic E-state index is 0.215. The third-order valence-corrected chi connectivity index (χ3v) is 2.70. The van der Waals surface area contributed by atoms with E-state index in [1.807, 2.05) is 0 Å². The lowest BCUT2D eigenvalue weighted by Gasteiger charge is -2.25. The summed E-state index contributed by atoms with van der Waals surface area (Å²) in [6.07, 6.45) is 0. The molecule has 0 aliphatic carbocycles. The number of amides is 2. The molecule has 2 N–H and O–H groups in total. The zero-order valence-electron chi connectivity index (χ0n) is 11.5. The molecular formula is C13H19ClN2O3. The van der Waals surface area contributed by atoms with Gasteiger partial charge in [-0.25, -0.2) is 4.79 Å². The normalized spacial score (nSPS) is 11.1. The first-order chi connectivity index (χ1) is 8.73. The molecule has 0 saturated carbocycles. The Bertz CT molecular complexity index is 458. The lowest BCUT2D eigenvalue weighted by molar-refractivity contribution is 0.0550. The maximum absolute atomic E-state index is 11.9. The van der Waals surface area contributed by atoms with Crippen LogP contribution in [0.4, 0.5) is 10.5 Å². The molecule has 1 aromatic carbocycles. The second kappa shape index (κ2) is 6.12. The fourth-order valence-corrected chi connectivity index (χ4v) is 1.80. The lowest BCUT2D eigenvalue weighted by Crippen LogP contribution is -2.41. The largest absolute Gasteiger partial charge is 0.497 e. The zero-order valence-corrected chi connectivity index (χ0v) is 12.3. The Balaban J connectivity index is 2.72. The van der Waals surface area contributed by atoms with Gasteiger partial charge in [-0.15, -0.1) is 0 Å². The molecule has 0 spiro atoms. The van der Waals surface area contributed by atoms with E-state index in [9.17, 15) is 9.90 Å².